The largest absolute Gasteiger partial charge is 0.309 e. The number of benzene rings is 7. The molecule has 3 nitrogen and oxygen atoms in total. The fourth-order valence-corrected chi connectivity index (χ4v) is 8.26. The van der Waals surface area contributed by atoms with Gasteiger partial charge < -0.3 is 4.57 Å². The van der Waals surface area contributed by atoms with Crippen LogP contribution in [-0.2, 0) is 5.41 Å². The summed E-state index contributed by atoms with van der Waals surface area (Å²) in [5.41, 5.74) is 15.7. The quantitative estimate of drug-likeness (QED) is 0.190. The molecule has 7 aromatic carbocycles. The number of aromatic nitrogens is 3. The highest BCUT2D eigenvalue weighted by atomic mass is 15.1. The van der Waals surface area contributed by atoms with Crippen LogP contribution in [-0.4, -0.2) is 14.1 Å². The van der Waals surface area contributed by atoms with Crippen molar-refractivity contribution >= 4 is 32.8 Å². The van der Waals surface area contributed by atoms with Gasteiger partial charge in [-0.3, -0.25) is 4.57 Å². The van der Waals surface area contributed by atoms with Gasteiger partial charge in [0, 0.05) is 33.1 Å². The Bertz CT molecular complexity index is 2710. The third kappa shape index (κ3) is 4.06. The van der Waals surface area contributed by atoms with Crippen molar-refractivity contribution in [3.05, 3.63) is 175 Å². The second kappa shape index (κ2) is 10.4. The van der Waals surface area contributed by atoms with Crippen molar-refractivity contribution in [1.29, 1.82) is 0 Å². The first-order valence-corrected chi connectivity index (χ1v) is 17.0. The lowest BCUT2D eigenvalue weighted by molar-refractivity contribution is 0.664. The summed E-state index contributed by atoms with van der Waals surface area (Å²) in [6, 6.07) is 59.1. The molecule has 0 fully saturated rings. The van der Waals surface area contributed by atoms with Gasteiger partial charge in [0.2, 0.25) is 0 Å². The van der Waals surface area contributed by atoms with Crippen molar-refractivity contribution < 1.29 is 0 Å². The Labute approximate surface area is 285 Å². The Balaban J connectivity index is 1.15. The maximum Gasteiger partial charge on any atom is 0.145 e. The smallest absolute Gasteiger partial charge is 0.145 e. The third-order valence-corrected chi connectivity index (χ3v) is 10.5. The molecule has 3 heteroatoms. The van der Waals surface area contributed by atoms with Gasteiger partial charge in [0.05, 0.1) is 22.1 Å². The van der Waals surface area contributed by atoms with E-state index in [-0.39, 0.29) is 5.41 Å². The molecule has 1 aliphatic rings. The Morgan fingerprint density at radius 1 is 0.469 bits per heavy atom. The molecule has 9 aromatic rings. The van der Waals surface area contributed by atoms with Crippen LogP contribution in [0.4, 0.5) is 0 Å². The molecule has 2 heterocycles. The minimum Gasteiger partial charge on any atom is -0.309 e. The van der Waals surface area contributed by atoms with Gasteiger partial charge in [0.1, 0.15) is 5.82 Å². The SMILES string of the molecule is CC1(C)c2ccccc2-c2ccc3c4cc(-c5ccc(-c6nc7ccccc7n6-c6ccccc6)cc5)ccc4n(-c4ccccc4)c3c21. The number of para-hydroxylation sites is 4. The number of fused-ring (bicyclic) bond motifs is 8. The summed E-state index contributed by atoms with van der Waals surface area (Å²) in [6.45, 7) is 4.76. The molecule has 0 aliphatic heterocycles. The summed E-state index contributed by atoms with van der Waals surface area (Å²) < 4.78 is 4.74. The van der Waals surface area contributed by atoms with Crippen molar-refractivity contribution in [3.63, 3.8) is 0 Å². The minimum atomic E-state index is -0.124. The summed E-state index contributed by atoms with van der Waals surface area (Å²) >= 11 is 0. The molecular weight excluding hydrogens is 595 g/mol. The Kier molecular flexibility index (Phi) is 5.92. The molecular formula is C46H33N3. The van der Waals surface area contributed by atoms with Gasteiger partial charge in [0.25, 0.3) is 0 Å². The molecule has 0 saturated carbocycles. The van der Waals surface area contributed by atoms with Gasteiger partial charge in [-0.15, -0.1) is 0 Å². The predicted molar refractivity (Wildman–Crippen MR) is 204 cm³/mol. The van der Waals surface area contributed by atoms with Crippen LogP contribution in [0.1, 0.15) is 25.0 Å². The van der Waals surface area contributed by atoms with E-state index in [0.717, 1.165) is 28.1 Å². The van der Waals surface area contributed by atoms with Crippen molar-refractivity contribution in [1.82, 2.24) is 14.1 Å². The first-order valence-electron chi connectivity index (χ1n) is 17.0. The zero-order valence-electron chi connectivity index (χ0n) is 27.4. The summed E-state index contributed by atoms with van der Waals surface area (Å²) in [4.78, 5) is 5.08. The minimum absolute atomic E-state index is 0.124. The highest BCUT2D eigenvalue weighted by Crippen LogP contribution is 2.53. The zero-order chi connectivity index (χ0) is 32.7. The molecule has 2 aromatic heterocycles. The van der Waals surface area contributed by atoms with E-state index >= 15 is 0 Å². The topological polar surface area (TPSA) is 22.8 Å². The van der Waals surface area contributed by atoms with Crippen LogP contribution in [0.25, 0.3) is 77.9 Å². The molecule has 1 aliphatic carbocycles. The zero-order valence-corrected chi connectivity index (χ0v) is 27.4. The standard InChI is InChI=1S/C46H33N3/c1-46(2)39-18-10-9-17-35(39)36-26-27-37-38-29-32(25-28-41(38)48(44(37)43(36)46)33-13-5-3-6-14-33)30-21-23-31(24-22-30)45-47-40-19-11-12-20-42(40)49(45)34-15-7-4-8-16-34/h3-29H,1-2H3. The highest BCUT2D eigenvalue weighted by Gasteiger charge is 2.38. The van der Waals surface area contributed by atoms with E-state index in [1.165, 1.54) is 60.9 Å². The van der Waals surface area contributed by atoms with Crippen LogP contribution < -0.4 is 0 Å². The van der Waals surface area contributed by atoms with E-state index in [1.54, 1.807) is 0 Å². The first kappa shape index (κ1) is 27.9. The monoisotopic (exact) mass is 627 g/mol. The lowest BCUT2D eigenvalue weighted by atomic mass is 9.81. The normalized spacial score (nSPS) is 13.3. The summed E-state index contributed by atoms with van der Waals surface area (Å²) in [5, 5.41) is 2.55. The van der Waals surface area contributed by atoms with E-state index in [0.29, 0.717) is 0 Å². The summed E-state index contributed by atoms with van der Waals surface area (Å²) in [5.74, 6) is 0.942. The maximum atomic E-state index is 5.08. The Hall–Kier alpha value is -6.19. The summed E-state index contributed by atoms with van der Waals surface area (Å²) in [6.07, 6.45) is 0. The molecule has 0 spiro atoms. The van der Waals surface area contributed by atoms with Crippen molar-refractivity contribution in [2.45, 2.75) is 19.3 Å². The van der Waals surface area contributed by atoms with Gasteiger partial charge >= 0.3 is 0 Å². The second-order valence-electron chi connectivity index (χ2n) is 13.6. The number of nitrogens with zero attached hydrogens (tertiary/aromatic N) is 3. The van der Waals surface area contributed by atoms with Crippen LogP contribution in [0.2, 0.25) is 0 Å². The number of hydrogen-bond acceptors (Lipinski definition) is 1. The molecule has 0 radical (unpaired) electrons. The van der Waals surface area contributed by atoms with Crippen LogP contribution >= 0.6 is 0 Å². The fraction of sp³-hybridized carbons (Fsp3) is 0.0652. The van der Waals surface area contributed by atoms with Gasteiger partial charge in [-0.05, 0) is 81.9 Å². The molecule has 0 saturated heterocycles. The lowest BCUT2D eigenvalue weighted by Gasteiger charge is -2.23. The van der Waals surface area contributed by atoms with E-state index in [2.05, 4.69) is 187 Å². The summed E-state index contributed by atoms with van der Waals surface area (Å²) in [7, 11) is 0. The van der Waals surface area contributed by atoms with E-state index in [9.17, 15) is 0 Å². The van der Waals surface area contributed by atoms with Crippen LogP contribution in [0, 0.1) is 0 Å². The third-order valence-electron chi connectivity index (χ3n) is 10.5. The van der Waals surface area contributed by atoms with E-state index in [4.69, 9.17) is 4.98 Å². The van der Waals surface area contributed by atoms with Crippen molar-refractivity contribution in [2.75, 3.05) is 0 Å². The number of imidazole rings is 1. The first-order chi connectivity index (χ1) is 24.1. The van der Waals surface area contributed by atoms with E-state index < -0.39 is 0 Å². The second-order valence-corrected chi connectivity index (χ2v) is 13.6. The van der Waals surface area contributed by atoms with Crippen molar-refractivity contribution in [2.24, 2.45) is 0 Å². The molecule has 10 rings (SSSR count). The van der Waals surface area contributed by atoms with E-state index in [1.807, 2.05) is 0 Å². The number of hydrogen-bond donors (Lipinski definition) is 0. The van der Waals surface area contributed by atoms with Gasteiger partial charge in [-0.25, -0.2) is 4.98 Å². The Morgan fingerprint density at radius 3 is 1.88 bits per heavy atom. The average Bonchev–Trinajstić information content (AvgIpc) is 3.78. The average molecular weight is 628 g/mol. The van der Waals surface area contributed by atoms with Crippen LogP contribution in [0.5, 0.6) is 0 Å². The molecule has 0 amide bonds. The Morgan fingerprint density at radius 2 is 1.10 bits per heavy atom. The van der Waals surface area contributed by atoms with Gasteiger partial charge in [0.15, 0.2) is 0 Å². The molecule has 0 unspecified atom stereocenters. The fourth-order valence-electron chi connectivity index (χ4n) is 8.26. The maximum absolute atomic E-state index is 5.08. The molecule has 232 valence electrons. The number of rotatable bonds is 4. The molecule has 0 N–H and O–H groups in total. The predicted octanol–water partition coefficient (Wildman–Crippen LogP) is 11.8. The highest BCUT2D eigenvalue weighted by molar-refractivity contribution is 6.14. The van der Waals surface area contributed by atoms with Gasteiger partial charge in [-0.1, -0.05) is 129 Å². The van der Waals surface area contributed by atoms with Gasteiger partial charge in [-0.2, -0.15) is 0 Å². The van der Waals surface area contributed by atoms with Crippen LogP contribution in [0.3, 0.4) is 0 Å². The van der Waals surface area contributed by atoms with Crippen LogP contribution in [0.15, 0.2) is 164 Å². The molecule has 0 atom stereocenters. The molecule has 49 heavy (non-hydrogen) atoms. The lowest BCUT2D eigenvalue weighted by Crippen LogP contribution is -2.16. The molecule has 0 bridgehead atoms. The van der Waals surface area contributed by atoms with Crippen molar-refractivity contribution in [3.8, 4) is 45.0 Å².